The predicted molar refractivity (Wildman–Crippen MR) is 120 cm³/mol. The molecule has 2 aliphatic rings. The molecular formula is C22H31N5O2S. The van der Waals surface area contributed by atoms with E-state index >= 15 is 0 Å². The van der Waals surface area contributed by atoms with Gasteiger partial charge in [0.1, 0.15) is 0 Å². The van der Waals surface area contributed by atoms with Crippen LogP contribution in [-0.4, -0.2) is 77.6 Å². The first-order valence-electron chi connectivity index (χ1n) is 10.7. The zero-order valence-electron chi connectivity index (χ0n) is 17.6. The van der Waals surface area contributed by atoms with E-state index in [9.17, 15) is 0 Å². The molecule has 1 N–H and O–H groups in total. The fourth-order valence-electron chi connectivity index (χ4n) is 4.35. The molecule has 0 aromatic carbocycles. The minimum atomic E-state index is 0.0262. The summed E-state index contributed by atoms with van der Waals surface area (Å²) in [5.74, 6) is 0. The van der Waals surface area contributed by atoms with Gasteiger partial charge in [-0.05, 0) is 42.9 Å². The van der Waals surface area contributed by atoms with E-state index in [1.807, 2.05) is 18.3 Å². The van der Waals surface area contributed by atoms with E-state index in [2.05, 4.69) is 49.1 Å². The first-order chi connectivity index (χ1) is 14.8. The molecule has 2 fully saturated rings. The van der Waals surface area contributed by atoms with E-state index in [-0.39, 0.29) is 12.1 Å². The van der Waals surface area contributed by atoms with Crippen LogP contribution in [0.3, 0.4) is 0 Å². The van der Waals surface area contributed by atoms with Gasteiger partial charge in [0, 0.05) is 57.9 Å². The zero-order valence-corrected chi connectivity index (χ0v) is 18.4. The third-order valence-electron chi connectivity index (χ3n) is 5.88. The number of nitrogens with one attached hydrogen (secondary N) is 1. The molecule has 0 bridgehead atoms. The molecule has 30 heavy (non-hydrogen) atoms. The molecule has 2 aromatic heterocycles. The lowest BCUT2D eigenvalue weighted by Gasteiger charge is -2.31. The first-order valence-corrected chi connectivity index (χ1v) is 11.1. The van der Waals surface area contributed by atoms with Gasteiger partial charge < -0.3 is 24.3 Å². The van der Waals surface area contributed by atoms with Crippen LogP contribution in [-0.2, 0) is 16.0 Å². The summed E-state index contributed by atoms with van der Waals surface area (Å²) in [6.07, 6.45) is 5.03. The third kappa shape index (κ3) is 4.83. The summed E-state index contributed by atoms with van der Waals surface area (Å²) in [4.78, 5) is 9.45. The van der Waals surface area contributed by atoms with Crippen molar-refractivity contribution in [2.75, 3.05) is 53.1 Å². The van der Waals surface area contributed by atoms with Gasteiger partial charge in [-0.1, -0.05) is 6.07 Å². The second kappa shape index (κ2) is 10.3. The van der Waals surface area contributed by atoms with Crippen LogP contribution in [0.4, 0.5) is 0 Å². The van der Waals surface area contributed by atoms with Crippen LogP contribution in [0.5, 0.6) is 0 Å². The lowest BCUT2D eigenvalue weighted by molar-refractivity contribution is 0.0365. The van der Waals surface area contributed by atoms with Crippen molar-refractivity contribution < 1.29 is 9.47 Å². The normalized spacial score (nSPS) is 22.4. The highest BCUT2D eigenvalue weighted by Crippen LogP contribution is 2.38. The predicted octanol–water partition coefficient (Wildman–Crippen LogP) is 2.22. The molecule has 4 heterocycles. The number of rotatable bonds is 9. The molecular weight excluding hydrogens is 398 g/mol. The van der Waals surface area contributed by atoms with E-state index in [1.54, 1.807) is 7.11 Å². The smallest absolute Gasteiger partial charge is 0.170 e. The van der Waals surface area contributed by atoms with Crippen molar-refractivity contribution in [2.24, 2.45) is 0 Å². The second-order valence-corrected chi connectivity index (χ2v) is 8.13. The number of hydrogen-bond donors (Lipinski definition) is 1. The van der Waals surface area contributed by atoms with Crippen LogP contribution in [0.15, 0.2) is 42.7 Å². The second-order valence-electron chi connectivity index (χ2n) is 7.75. The number of aromatic nitrogens is 2. The van der Waals surface area contributed by atoms with Crippen LogP contribution < -0.4 is 5.32 Å². The van der Waals surface area contributed by atoms with E-state index in [4.69, 9.17) is 21.7 Å². The SMILES string of the molecule is COCCn1cccc1[C@H]1[C@@H](c2ccccn2)NC(=S)N1CCCN1CCOCC1. The summed E-state index contributed by atoms with van der Waals surface area (Å²) in [6.45, 7) is 7.17. The Morgan fingerprint density at radius 3 is 2.80 bits per heavy atom. The Bertz CT molecular complexity index is 809. The van der Waals surface area contributed by atoms with Gasteiger partial charge >= 0.3 is 0 Å². The van der Waals surface area contributed by atoms with Crippen LogP contribution in [0, 0.1) is 0 Å². The van der Waals surface area contributed by atoms with Crippen LogP contribution >= 0.6 is 12.2 Å². The lowest BCUT2D eigenvalue weighted by atomic mass is 10.0. The number of pyridine rings is 1. The zero-order chi connectivity index (χ0) is 20.8. The van der Waals surface area contributed by atoms with Crippen LogP contribution in [0.2, 0.25) is 0 Å². The fraction of sp³-hybridized carbons (Fsp3) is 0.545. The molecule has 0 saturated carbocycles. The van der Waals surface area contributed by atoms with Crippen molar-refractivity contribution in [3.05, 3.63) is 54.1 Å². The highest BCUT2D eigenvalue weighted by atomic mass is 32.1. The molecule has 0 unspecified atom stereocenters. The molecule has 2 saturated heterocycles. The van der Waals surface area contributed by atoms with Crippen molar-refractivity contribution in [2.45, 2.75) is 25.0 Å². The highest BCUT2D eigenvalue weighted by Gasteiger charge is 2.40. The minimum Gasteiger partial charge on any atom is -0.383 e. The van der Waals surface area contributed by atoms with Crippen molar-refractivity contribution in [1.82, 2.24) is 24.7 Å². The van der Waals surface area contributed by atoms with E-state index < -0.39 is 0 Å². The van der Waals surface area contributed by atoms with Crippen molar-refractivity contribution in [3.63, 3.8) is 0 Å². The summed E-state index contributed by atoms with van der Waals surface area (Å²) < 4.78 is 13.1. The monoisotopic (exact) mass is 429 g/mol. The van der Waals surface area contributed by atoms with Gasteiger partial charge in [0.2, 0.25) is 0 Å². The minimum absolute atomic E-state index is 0.0262. The molecule has 2 aromatic rings. The molecule has 0 aliphatic carbocycles. The Morgan fingerprint density at radius 1 is 1.17 bits per heavy atom. The van der Waals surface area contributed by atoms with Gasteiger partial charge in [0.15, 0.2) is 5.11 Å². The lowest BCUT2D eigenvalue weighted by Crippen LogP contribution is -2.39. The van der Waals surface area contributed by atoms with Gasteiger partial charge in [-0.2, -0.15) is 0 Å². The van der Waals surface area contributed by atoms with Crippen LogP contribution in [0.25, 0.3) is 0 Å². The number of hydrogen-bond acceptors (Lipinski definition) is 5. The van der Waals surface area contributed by atoms with Crippen molar-refractivity contribution in [3.8, 4) is 0 Å². The molecule has 8 heteroatoms. The number of thiocarbonyl (C=S) groups is 1. The van der Waals surface area contributed by atoms with E-state index in [0.29, 0.717) is 6.61 Å². The average Bonchev–Trinajstić information content (AvgIpc) is 3.37. The van der Waals surface area contributed by atoms with Gasteiger partial charge in [-0.15, -0.1) is 0 Å². The summed E-state index contributed by atoms with van der Waals surface area (Å²) in [5, 5.41) is 4.35. The number of ether oxygens (including phenoxy) is 2. The van der Waals surface area contributed by atoms with E-state index in [0.717, 1.165) is 63.2 Å². The maximum atomic E-state index is 5.79. The fourth-order valence-corrected chi connectivity index (χ4v) is 4.68. The van der Waals surface area contributed by atoms with Crippen molar-refractivity contribution in [1.29, 1.82) is 0 Å². The topological polar surface area (TPSA) is 54.8 Å². The molecule has 7 nitrogen and oxygen atoms in total. The maximum absolute atomic E-state index is 5.79. The van der Waals surface area contributed by atoms with Gasteiger partial charge in [0.05, 0.1) is 37.6 Å². The quantitative estimate of drug-likeness (QED) is 0.614. The number of nitrogens with zero attached hydrogens (tertiary/aromatic N) is 4. The first kappa shape index (κ1) is 21.2. The molecule has 4 rings (SSSR count). The summed E-state index contributed by atoms with van der Waals surface area (Å²) in [6, 6.07) is 10.5. The van der Waals surface area contributed by atoms with Gasteiger partial charge in [-0.25, -0.2) is 0 Å². The summed E-state index contributed by atoms with van der Waals surface area (Å²) in [7, 11) is 1.74. The molecule has 0 amide bonds. The molecule has 2 aliphatic heterocycles. The molecule has 2 atom stereocenters. The Kier molecular flexibility index (Phi) is 7.33. The summed E-state index contributed by atoms with van der Waals surface area (Å²) in [5.41, 5.74) is 2.25. The Balaban J connectivity index is 1.54. The highest BCUT2D eigenvalue weighted by molar-refractivity contribution is 7.80. The standard InChI is InChI=1S/C22H31N5O2S/c1-28-15-14-26-10-4-7-19(26)21-20(18-6-2-3-8-23-18)24-22(30)27(21)11-5-9-25-12-16-29-17-13-25/h2-4,6-8,10,20-21H,5,9,11-17H2,1H3,(H,24,30)/t20-,21+/m1/s1. The third-order valence-corrected chi connectivity index (χ3v) is 6.23. The summed E-state index contributed by atoms with van der Waals surface area (Å²) >= 11 is 5.79. The number of morpholine rings is 1. The number of methoxy groups -OCH3 is 1. The Labute approximate surface area is 184 Å². The average molecular weight is 430 g/mol. The molecule has 0 radical (unpaired) electrons. The maximum Gasteiger partial charge on any atom is 0.170 e. The largest absolute Gasteiger partial charge is 0.383 e. The van der Waals surface area contributed by atoms with Gasteiger partial charge in [-0.3, -0.25) is 9.88 Å². The molecule has 162 valence electrons. The Morgan fingerprint density at radius 2 is 2.03 bits per heavy atom. The molecule has 0 spiro atoms. The van der Waals surface area contributed by atoms with Crippen LogP contribution in [0.1, 0.15) is 29.9 Å². The van der Waals surface area contributed by atoms with Crippen molar-refractivity contribution >= 4 is 17.3 Å². The van der Waals surface area contributed by atoms with E-state index in [1.165, 1.54) is 5.69 Å². The van der Waals surface area contributed by atoms with Gasteiger partial charge in [0.25, 0.3) is 0 Å². The Hall–Kier alpha value is -2.00.